The van der Waals surface area contributed by atoms with E-state index in [2.05, 4.69) is 0 Å². The molecule has 1 unspecified atom stereocenters. The van der Waals surface area contributed by atoms with Crippen LogP contribution in [0.3, 0.4) is 0 Å². The summed E-state index contributed by atoms with van der Waals surface area (Å²) >= 11 is 1.50. The molecule has 6 heteroatoms. The molecule has 3 rings (SSSR count). The van der Waals surface area contributed by atoms with E-state index in [9.17, 15) is 14.7 Å². The second kappa shape index (κ2) is 8.64. The molecule has 1 aromatic heterocycles. The maximum absolute atomic E-state index is 13.0. The molecule has 0 aliphatic carbocycles. The van der Waals surface area contributed by atoms with Crippen LogP contribution >= 0.6 is 11.3 Å². The lowest BCUT2D eigenvalue weighted by atomic mass is 9.92. The Morgan fingerprint density at radius 1 is 1.23 bits per heavy atom. The first-order valence-corrected chi connectivity index (χ1v) is 11.1. The maximum Gasteiger partial charge on any atom is 0.295 e. The Morgan fingerprint density at radius 3 is 2.47 bits per heavy atom. The number of hydrogen-bond acceptors (Lipinski definition) is 5. The molecule has 1 aliphatic heterocycles. The molecule has 0 radical (unpaired) electrons. The van der Waals surface area contributed by atoms with Crippen LogP contribution in [0.15, 0.2) is 29.2 Å². The summed E-state index contributed by atoms with van der Waals surface area (Å²) in [6, 6.07) is 5.16. The molecule has 2 heterocycles. The summed E-state index contributed by atoms with van der Waals surface area (Å²) in [6.45, 7) is 10.4. The number of carbonyl (C=O) groups is 2. The van der Waals surface area contributed by atoms with Crippen molar-refractivity contribution >= 4 is 28.8 Å². The Labute approximate surface area is 182 Å². The molecule has 0 spiro atoms. The van der Waals surface area contributed by atoms with E-state index in [1.54, 1.807) is 12.0 Å². The topological polar surface area (TPSA) is 66.8 Å². The zero-order valence-corrected chi connectivity index (χ0v) is 19.2. The molecule has 0 bridgehead atoms. The summed E-state index contributed by atoms with van der Waals surface area (Å²) in [5, 5.41) is 13.3. The lowest BCUT2D eigenvalue weighted by molar-refractivity contribution is -0.139. The predicted octanol–water partition coefficient (Wildman–Crippen LogP) is 5.33. The van der Waals surface area contributed by atoms with Crippen molar-refractivity contribution in [3.63, 3.8) is 0 Å². The molecule has 1 saturated heterocycles. The molecule has 1 fully saturated rings. The number of aliphatic hydroxyl groups is 1. The lowest BCUT2D eigenvalue weighted by Gasteiger charge is -2.24. The molecule has 1 aliphatic rings. The highest BCUT2D eigenvalue weighted by Crippen LogP contribution is 2.43. The van der Waals surface area contributed by atoms with Crippen LogP contribution in [0, 0.1) is 13.8 Å². The molecule has 30 heavy (non-hydrogen) atoms. The Hall–Kier alpha value is -2.60. The van der Waals surface area contributed by atoms with Gasteiger partial charge in [0.1, 0.15) is 11.5 Å². The van der Waals surface area contributed by atoms with Crippen LogP contribution in [0.4, 0.5) is 0 Å². The standard InChI is InChI=1S/C24H29NO4S/c1-7-9-25-20(23-14(4)8-10-30-23)19(22(27)24(25)28)21(26)17-12-16(13(2)3)18(29-6)11-15(17)5/h8,10-13,20,26H,7,9H2,1-6H3/b21-19+. The zero-order valence-electron chi connectivity index (χ0n) is 18.4. The van der Waals surface area contributed by atoms with Gasteiger partial charge in [0, 0.05) is 17.0 Å². The van der Waals surface area contributed by atoms with Gasteiger partial charge in [-0.2, -0.15) is 0 Å². The highest BCUT2D eigenvalue weighted by Gasteiger charge is 2.46. The van der Waals surface area contributed by atoms with Gasteiger partial charge in [0.15, 0.2) is 0 Å². The largest absolute Gasteiger partial charge is 0.507 e. The highest BCUT2D eigenvalue weighted by atomic mass is 32.1. The molecule has 160 valence electrons. The van der Waals surface area contributed by atoms with Gasteiger partial charge in [0.25, 0.3) is 11.7 Å². The van der Waals surface area contributed by atoms with E-state index in [1.165, 1.54) is 11.3 Å². The molecule has 1 N–H and O–H groups in total. The van der Waals surface area contributed by atoms with Crippen LogP contribution in [-0.4, -0.2) is 35.4 Å². The average molecular weight is 428 g/mol. The number of likely N-dealkylation sites (tertiary alicyclic amines) is 1. The minimum atomic E-state index is -0.625. The van der Waals surface area contributed by atoms with E-state index < -0.39 is 17.7 Å². The molecule has 1 amide bonds. The van der Waals surface area contributed by atoms with E-state index in [1.807, 2.05) is 58.2 Å². The number of amides is 1. The predicted molar refractivity (Wildman–Crippen MR) is 120 cm³/mol. The fourth-order valence-corrected chi connectivity index (χ4v) is 5.06. The van der Waals surface area contributed by atoms with Crippen molar-refractivity contribution in [3.8, 4) is 5.75 Å². The zero-order chi connectivity index (χ0) is 22.2. The smallest absolute Gasteiger partial charge is 0.295 e. The summed E-state index contributed by atoms with van der Waals surface area (Å²) in [7, 11) is 1.62. The van der Waals surface area contributed by atoms with E-state index in [0.29, 0.717) is 12.1 Å². The molecule has 0 saturated carbocycles. The summed E-state index contributed by atoms with van der Waals surface area (Å²) in [5.74, 6) is -0.376. The van der Waals surface area contributed by atoms with Crippen LogP contribution in [-0.2, 0) is 9.59 Å². The van der Waals surface area contributed by atoms with Crippen LogP contribution in [0.2, 0.25) is 0 Å². The Morgan fingerprint density at radius 2 is 1.93 bits per heavy atom. The van der Waals surface area contributed by atoms with Gasteiger partial charge in [0.2, 0.25) is 0 Å². The van der Waals surface area contributed by atoms with Crippen molar-refractivity contribution in [1.29, 1.82) is 0 Å². The van der Waals surface area contributed by atoms with Crippen molar-refractivity contribution in [1.82, 2.24) is 4.90 Å². The summed E-state index contributed by atoms with van der Waals surface area (Å²) in [6.07, 6.45) is 0.729. The number of nitrogens with zero attached hydrogens (tertiary/aromatic N) is 1. The van der Waals surface area contributed by atoms with Gasteiger partial charge < -0.3 is 14.7 Å². The van der Waals surface area contributed by atoms with Gasteiger partial charge in [-0.3, -0.25) is 9.59 Å². The minimum Gasteiger partial charge on any atom is -0.507 e. The number of benzene rings is 1. The number of aliphatic hydroxyl groups excluding tert-OH is 1. The normalized spacial score (nSPS) is 18.5. The Bertz CT molecular complexity index is 1020. The van der Waals surface area contributed by atoms with Gasteiger partial charge in [-0.1, -0.05) is 20.8 Å². The van der Waals surface area contributed by atoms with Crippen molar-refractivity contribution in [3.05, 3.63) is 56.3 Å². The maximum atomic E-state index is 13.0. The van der Waals surface area contributed by atoms with Crippen molar-refractivity contribution in [2.75, 3.05) is 13.7 Å². The SMILES string of the molecule is CCCN1C(=O)C(=O)/C(=C(/O)c2cc(C(C)C)c(OC)cc2C)C1c1sccc1C. The molecular weight excluding hydrogens is 398 g/mol. The monoisotopic (exact) mass is 427 g/mol. The van der Waals surface area contributed by atoms with Gasteiger partial charge in [-0.15, -0.1) is 11.3 Å². The molecule has 2 aromatic rings. The first-order chi connectivity index (χ1) is 14.2. The number of aryl methyl sites for hydroxylation is 2. The van der Waals surface area contributed by atoms with E-state index in [0.717, 1.165) is 33.7 Å². The second-order valence-corrected chi connectivity index (χ2v) is 8.97. The fraction of sp³-hybridized carbons (Fsp3) is 0.417. The van der Waals surface area contributed by atoms with E-state index >= 15 is 0 Å². The average Bonchev–Trinajstić information content (AvgIpc) is 3.23. The second-order valence-electron chi connectivity index (χ2n) is 8.02. The van der Waals surface area contributed by atoms with Crippen LogP contribution < -0.4 is 4.74 Å². The van der Waals surface area contributed by atoms with E-state index in [4.69, 9.17) is 4.74 Å². The van der Waals surface area contributed by atoms with Gasteiger partial charge in [-0.25, -0.2) is 0 Å². The number of methoxy groups -OCH3 is 1. The lowest BCUT2D eigenvalue weighted by Crippen LogP contribution is -2.30. The van der Waals surface area contributed by atoms with Gasteiger partial charge in [-0.05, 0) is 66.5 Å². The van der Waals surface area contributed by atoms with Crippen molar-refractivity contribution in [2.45, 2.75) is 53.0 Å². The molecule has 1 atom stereocenters. The van der Waals surface area contributed by atoms with E-state index in [-0.39, 0.29) is 17.3 Å². The third-order valence-electron chi connectivity index (χ3n) is 5.61. The minimum absolute atomic E-state index is 0.119. The summed E-state index contributed by atoms with van der Waals surface area (Å²) in [5.41, 5.74) is 3.47. The molecule has 5 nitrogen and oxygen atoms in total. The third kappa shape index (κ3) is 3.65. The number of ketones is 1. The van der Waals surface area contributed by atoms with Gasteiger partial charge in [0.05, 0.1) is 18.7 Å². The van der Waals surface area contributed by atoms with Crippen molar-refractivity contribution in [2.24, 2.45) is 0 Å². The number of carbonyl (C=O) groups excluding carboxylic acids is 2. The summed E-state index contributed by atoms with van der Waals surface area (Å²) in [4.78, 5) is 28.4. The first-order valence-electron chi connectivity index (χ1n) is 10.2. The Kier molecular flexibility index (Phi) is 6.36. The number of ether oxygens (including phenoxy) is 1. The van der Waals surface area contributed by atoms with Crippen LogP contribution in [0.1, 0.15) is 66.3 Å². The summed E-state index contributed by atoms with van der Waals surface area (Å²) < 4.78 is 5.51. The number of hydrogen-bond donors (Lipinski definition) is 1. The highest BCUT2D eigenvalue weighted by molar-refractivity contribution is 7.10. The Balaban J connectivity index is 2.26. The van der Waals surface area contributed by atoms with Crippen LogP contribution in [0.25, 0.3) is 5.76 Å². The number of Topliss-reactive ketones (excluding diaryl/α,β-unsaturated/α-hetero) is 1. The quantitative estimate of drug-likeness (QED) is 0.384. The van der Waals surface area contributed by atoms with Gasteiger partial charge >= 0.3 is 0 Å². The molecule has 1 aromatic carbocycles. The van der Waals surface area contributed by atoms with Crippen LogP contribution in [0.5, 0.6) is 5.75 Å². The number of thiophene rings is 1. The molecular formula is C24H29NO4S. The fourth-order valence-electron chi connectivity index (χ4n) is 4.02. The van der Waals surface area contributed by atoms with Crippen molar-refractivity contribution < 1.29 is 19.4 Å². The third-order valence-corrected chi connectivity index (χ3v) is 6.68. The first kappa shape index (κ1) is 22.1. The number of rotatable bonds is 6.